The van der Waals surface area contributed by atoms with Gasteiger partial charge in [0, 0.05) is 19.2 Å². The predicted octanol–water partition coefficient (Wildman–Crippen LogP) is 3.47. The Labute approximate surface area is 116 Å². The fraction of sp³-hybridized carbons (Fsp3) is 0.647. The Morgan fingerprint density at radius 3 is 2.68 bits per heavy atom. The molecule has 2 heteroatoms. The fourth-order valence-corrected chi connectivity index (χ4v) is 3.51. The highest BCUT2D eigenvalue weighted by atomic mass is 16.5. The van der Waals surface area contributed by atoms with Gasteiger partial charge >= 0.3 is 0 Å². The second-order valence-corrected chi connectivity index (χ2v) is 6.81. The van der Waals surface area contributed by atoms with E-state index in [0.29, 0.717) is 23.6 Å². The highest BCUT2D eigenvalue weighted by Crippen LogP contribution is 2.44. The molecule has 104 valence electrons. The second-order valence-electron chi connectivity index (χ2n) is 6.81. The van der Waals surface area contributed by atoms with Crippen molar-refractivity contribution in [3.05, 3.63) is 35.4 Å². The lowest BCUT2D eigenvalue weighted by Crippen LogP contribution is -2.50. The highest BCUT2D eigenvalue weighted by Gasteiger charge is 2.39. The smallest absolute Gasteiger partial charge is 0.0601 e. The molecule has 1 N–H and O–H groups in total. The third-order valence-electron chi connectivity index (χ3n) is 5.02. The van der Waals surface area contributed by atoms with Crippen LogP contribution in [0.3, 0.4) is 0 Å². The van der Waals surface area contributed by atoms with Crippen LogP contribution in [0.2, 0.25) is 0 Å². The standard InChI is InChI=1S/C17H25NO/c1-17(2)9-8-12-6-4-5-7-15(12)16(17)18-13-10-14(11-13)19-3/h4-7,13-14,16,18H,8-11H2,1-3H3. The van der Waals surface area contributed by atoms with Crippen molar-refractivity contribution < 1.29 is 4.74 Å². The fourth-order valence-electron chi connectivity index (χ4n) is 3.51. The summed E-state index contributed by atoms with van der Waals surface area (Å²) in [7, 11) is 1.82. The molecule has 1 unspecified atom stereocenters. The van der Waals surface area contributed by atoms with Crippen molar-refractivity contribution in [2.24, 2.45) is 5.41 Å². The molecular formula is C17H25NO. The van der Waals surface area contributed by atoms with Crippen LogP contribution < -0.4 is 5.32 Å². The first-order chi connectivity index (χ1) is 9.10. The van der Waals surface area contributed by atoms with Crippen LogP contribution in [0.15, 0.2) is 24.3 Å². The van der Waals surface area contributed by atoms with Gasteiger partial charge < -0.3 is 10.1 Å². The number of methoxy groups -OCH3 is 1. The summed E-state index contributed by atoms with van der Waals surface area (Å²) < 4.78 is 5.39. The number of hydrogen-bond donors (Lipinski definition) is 1. The minimum absolute atomic E-state index is 0.340. The van der Waals surface area contributed by atoms with Crippen molar-refractivity contribution in [3.8, 4) is 0 Å². The Kier molecular flexibility index (Phi) is 3.40. The van der Waals surface area contributed by atoms with Crippen molar-refractivity contribution >= 4 is 0 Å². The zero-order valence-corrected chi connectivity index (χ0v) is 12.3. The average Bonchev–Trinajstić information content (AvgIpc) is 2.35. The molecular weight excluding hydrogens is 234 g/mol. The van der Waals surface area contributed by atoms with Crippen molar-refractivity contribution in [3.63, 3.8) is 0 Å². The lowest BCUT2D eigenvalue weighted by atomic mass is 9.69. The third-order valence-corrected chi connectivity index (χ3v) is 5.02. The normalized spacial score (nSPS) is 32.5. The molecule has 1 fully saturated rings. The van der Waals surface area contributed by atoms with Gasteiger partial charge in [0.2, 0.25) is 0 Å². The molecule has 1 saturated carbocycles. The van der Waals surface area contributed by atoms with Crippen LogP contribution in [-0.2, 0) is 11.2 Å². The SMILES string of the molecule is COC1CC(NC2c3ccccc3CCC2(C)C)C1. The van der Waals surface area contributed by atoms with Gasteiger partial charge in [0.1, 0.15) is 0 Å². The summed E-state index contributed by atoms with van der Waals surface area (Å²) in [4.78, 5) is 0. The second kappa shape index (κ2) is 4.92. The van der Waals surface area contributed by atoms with E-state index in [1.165, 1.54) is 24.0 Å². The quantitative estimate of drug-likeness (QED) is 0.897. The lowest BCUT2D eigenvalue weighted by molar-refractivity contribution is 0.00689. The van der Waals surface area contributed by atoms with Gasteiger partial charge in [-0.1, -0.05) is 38.1 Å². The van der Waals surface area contributed by atoms with E-state index in [2.05, 4.69) is 43.4 Å². The van der Waals surface area contributed by atoms with E-state index in [1.807, 2.05) is 7.11 Å². The molecule has 0 amide bonds. The van der Waals surface area contributed by atoms with Crippen molar-refractivity contribution in [1.29, 1.82) is 0 Å². The molecule has 1 aromatic carbocycles. The number of nitrogens with one attached hydrogen (secondary N) is 1. The van der Waals surface area contributed by atoms with E-state index < -0.39 is 0 Å². The molecule has 0 spiro atoms. The maximum atomic E-state index is 5.39. The van der Waals surface area contributed by atoms with Crippen LogP contribution in [-0.4, -0.2) is 19.3 Å². The van der Waals surface area contributed by atoms with E-state index in [4.69, 9.17) is 4.74 Å². The summed E-state index contributed by atoms with van der Waals surface area (Å²) in [5.74, 6) is 0. The summed E-state index contributed by atoms with van der Waals surface area (Å²) in [6.45, 7) is 4.79. The van der Waals surface area contributed by atoms with E-state index in [9.17, 15) is 0 Å². The van der Waals surface area contributed by atoms with Crippen LogP contribution in [0.4, 0.5) is 0 Å². The molecule has 0 bridgehead atoms. The van der Waals surface area contributed by atoms with Crippen LogP contribution in [0.25, 0.3) is 0 Å². The Bertz CT molecular complexity index is 448. The molecule has 2 nitrogen and oxygen atoms in total. The van der Waals surface area contributed by atoms with E-state index >= 15 is 0 Å². The van der Waals surface area contributed by atoms with Gasteiger partial charge in [0.25, 0.3) is 0 Å². The first-order valence-electron chi connectivity index (χ1n) is 7.47. The molecule has 0 aliphatic heterocycles. The van der Waals surface area contributed by atoms with Gasteiger partial charge in [-0.2, -0.15) is 0 Å². The van der Waals surface area contributed by atoms with Crippen LogP contribution in [0.5, 0.6) is 0 Å². The molecule has 0 radical (unpaired) electrons. The third kappa shape index (κ3) is 2.44. The summed E-state index contributed by atoms with van der Waals surface area (Å²) in [5, 5.41) is 3.89. The Morgan fingerprint density at radius 2 is 1.95 bits per heavy atom. The molecule has 1 atom stereocenters. The summed E-state index contributed by atoms with van der Waals surface area (Å²) >= 11 is 0. The largest absolute Gasteiger partial charge is 0.381 e. The summed E-state index contributed by atoms with van der Waals surface area (Å²) in [5.41, 5.74) is 3.38. The van der Waals surface area contributed by atoms with Gasteiger partial charge in [-0.15, -0.1) is 0 Å². The van der Waals surface area contributed by atoms with Crippen molar-refractivity contribution in [1.82, 2.24) is 5.32 Å². The molecule has 0 aromatic heterocycles. The van der Waals surface area contributed by atoms with Gasteiger partial charge in [-0.05, 0) is 42.2 Å². The Balaban J connectivity index is 1.78. The average molecular weight is 259 g/mol. The van der Waals surface area contributed by atoms with E-state index in [-0.39, 0.29) is 0 Å². The Hall–Kier alpha value is -0.860. The number of benzene rings is 1. The van der Waals surface area contributed by atoms with Gasteiger partial charge in [0.05, 0.1) is 6.10 Å². The van der Waals surface area contributed by atoms with E-state index in [1.54, 1.807) is 0 Å². The number of aryl methyl sites for hydroxylation is 1. The number of rotatable bonds is 3. The predicted molar refractivity (Wildman–Crippen MR) is 78.2 cm³/mol. The number of ether oxygens (including phenoxy) is 1. The topological polar surface area (TPSA) is 21.3 Å². The van der Waals surface area contributed by atoms with Gasteiger partial charge in [-0.3, -0.25) is 0 Å². The van der Waals surface area contributed by atoms with Crippen molar-refractivity contribution in [2.45, 2.75) is 57.7 Å². The number of hydrogen-bond acceptors (Lipinski definition) is 2. The monoisotopic (exact) mass is 259 g/mol. The minimum Gasteiger partial charge on any atom is -0.381 e. The van der Waals surface area contributed by atoms with Crippen molar-refractivity contribution in [2.75, 3.05) is 7.11 Å². The first kappa shape index (κ1) is 13.1. The molecule has 0 heterocycles. The summed E-state index contributed by atoms with van der Waals surface area (Å²) in [6.07, 6.45) is 5.27. The zero-order chi connectivity index (χ0) is 13.5. The lowest BCUT2D eigenvalue weighted by Gasteiger charge is -2.45. The van der Waals surface area contributed by atoms with Crippen LogP contribution in [0.1, 0.15) is 50.3 Å². The molecule has 2 aliphatic rings. The minimum atomic E-state index is 0.340. The first-order valence-corrected chi connectivity index (χ1v) is 7.47. The molecule has 1 aromatic rings. The molecule has 3 rings (SSSR count). The van der Waals surface area contributed by atoms with E-state index in [0.717, 1.165) is 12.8 Å². The molecule has 2 aliphatic carbocycles. The zero-order valence-electron chi connectivity index (χ0n) is 12.3. The number of fused-ring (bicyclic) bond motifs is 1. The van der Waals surface area contributed by atoms with Gasteiger partial charge in [-0.25, -0.2) is 0 Å². The maximum absolute atomic E-state index is 5.39. The Morgan fingerprint density at radius 1 is 1.21 bits per heavy atom. The maximum Gasteiger partial charge on any atom is 0.0601 e. The van der Waals surface area contributed by atoms with Gasteiger partial charge in [0.15, 0.2) is 0 Å². The van der Waals surface area contributed by atoms with Crippen LogP contribution >= 0.6 is 0 Å². The molecule has 0 saturated heterocycles. The molecule has 19 heavy (non-hydrogen) atoms. The highest BCUT2D eigenvalue weighted by molar-refractivity contribution is 5.34. The summed E-state index contributed by atoms with van der Waals surface area (Å²) in [6, 6.07) is 10.0. The van der Waals surface area contributed by atoms with Crippen LogP contribution in [0, 0.1) is 5.41 Å².